The Labute approximate surface area is 194 Å². The van der Waals surface area contributed by atoms with Gasteiger partial charge in [0.25, 0.3) is 0 Å². The summed E-state index contributed by atoms with van der Waals surface area (Å²) in [7, 11) is -2.29. The van der Waals surface area contributed by atoms with Gasteiger partial charge in [-0.1, -0.05) is 109 Å². The van der Waals surface area contributed by atoms with E-state index in [4.69, 9.17) is 9.48 Å². The second-order valence-corrected chi connectivity index (χ2v) is 11.9. The van der Waals surface area contributed by atoms with E-state index in [1.54, 1.807) is 0 Å². The van der Waals surface area contributed by atoms with Gasteiger partial charge in [0.2, 0.25) is 0 Å². The molecule has 1 fully saturated rings. The Morgan fingerprint density at radius 3 is 1.66 bits per heavy atom. The van der Waals surface area contributed by atoms with Gasteiger partial charge in [-0.2, -0.15) is 0 Å². The van der Waals surface area contributed by atoms with E-state index in [9.17, 15) is 0 Å². The Balaban J connectivity index is 1.83. The van der Waals surface area contributed by atoms with Gasteiger partial charge in [-0.3, -0.25) is 4.74 Å². The molecule has 1 heterocycles. The van der Waals surface area contributed by atoms with Crippen molar-refractivity contribution < 1.29 is 4.74 Å². The second kappa shape index (κ2) is 9.92. The van der Waals surface area contributed by atoms with Gasteiger partial charge in [-0.15, -0.1) is 11.8 Å². The monoisotopic (exact) mass is 455 g/mol. The van der Waals surface area contributed by atoms with Gasteiger partial charge >= 0.3 is 0 Å². The van der Waals surface area contributed by atoms with Gasteiger partial charge in [0.05, 0.1) is 12.7 Å². The van der Waals surface area contributed by atoms with Crippen molar-refractivity contribution in [3.63, 3.8) is 0 Å². The standard InChI is InChI=1S/C28H26NOPS/c1-4-13-23(14-5-1)31(24-15-6-2-7-16-24,25-17-8-3-9-18-25)29-27-20-11-10-19-26(27)28-30-21-12-22-32-28/h1-11,13-20,28H,12,21-22H2. The molecule has 1 unspecified atom stereocenters. The fourth-order valence-electron chi connectivity index (χ4n) is 4.16. The predicted molar refractivity (Wildman–Crippen MR) is 139 cm³/mol. The molecule has 1 saturated heterocycles. The Kier molecular flexibility index (Phi) is 6.59. The SMILES string of the molecule is c1ccc(P(=Nc2ccccc2C2OCCCS2)(c2ccccc2)c2ccccc2)cc1. The Morgan fingerprint density at radius 1 is 0.656 bits per heavy atom. The highest BCUT2D eigenvalue weighted by atomic mass is 32.2. The molecule has 5 rings (SSSR count). The van der Waals surface area contributed by atoms with Crippen LogP contribution >= 0.6 is 18.8 Å². The zero-order chi connectivity index (χ0) is 21.6. The molecule has 4 aromatic rings. The van der Waals surface area contributed by atoms with Crippen LogP contribution in [0.25, 0.3) is 0 Å². The minimum atomic E-state index is -2.29. The molecular weight excluding hydrogens is 429 g/mol. The van der Waals surface area contributed by atoms with E-state index in [0.29, 0.717) is 0 Å². The van der Waals surface area contributed by atoms with Crippen molar-refractivity contribution in [1.82, 2.24) is 0 Å². The molecule has 0 saturated carbocycles. The van der Waals surface area contributed by atoms with Crippen LogP contribution in [-0.4, -0.2) is 12.4 Å². The Hall–Kier alpha value is -2.58. The lowest BCUT2D eigenvalue weighted by molar-refractivity contribution is 0.107. The maximum absolute atomic E-state index is 6.15. The number of thioether (sulfide) groups is 1. The number of nitrogens with zero attached hydrogens (tertiary/aromatic N) is 1. The van der Waals surface area contributed by atoms with E-state index in [2.05, 4.69) is 115 Å². The van der Waals surface area contributed by atoms with Gasteiger partial charge < -0.3 is 4.74 Å². The van der Waals surface area contributed by atoms with Crippen molar-refractivity contribution in [2.45, 2.75) is 11.9 Å². The number of hydrogen-bond acceptors (Lipinski definition) is 3. The summed E-state index contributed by atoms with van der Waals surface area (Å²) in [6.45, 7) is 0.808. The summed E-state index contributed by atoms with van der Waals surface area (Å²) < 4.78 is 11.8. The molecule has 0 radical (unpaired) electrons. The smallest absolute Gasteiger partial charge is 0.130 e. The zero-order valence-corrected chi connectivity index (χ0v) is 19.6. The summed E-state index contributed by atoms with van der Waals surface area (Å²) >= 11 is 1.87. The highest BCUT2D eigenvalue weighted by molar-refractivity contribution is 7.99. The fraction of sp³-hybridized carbons (Fsp3) is 0.143. The van der Waals surface area contributed by atoms with E-state index in [0.717, 1.165) is 24.5 Å². The van der Waals surface area contributed by atoms with Crippen LogP contribution in [0.5, 0.6) is 0 Å². The third-order valence-corrected chi connectivity index (χ3v) is 10.5. The zero-order valence-electron chi connectivity index (χ0n) is 17.9. The average molecular weight is 456 g/mol. The lowest BCUT2D eigenvalue weighted by Crippen LogP contribution is -2.25. The van der Waals surface area contributed by atoms with Crippen LogP contribution in [0.4, 0.5) is 5.69 Å². The lowest BCUT2D eigenvalue weighted by atomic mass is 10.2. The molecule has 4 heteroatoms. The van der Waals surface area contributed by atoms with Crippen molar-refractivity contribution in [3.8, 4) is 0 Å². The first-order chi connectivity index (χ1) is 15.9. The summed E-state index contributed by atoms with van der Waals surface area (Å²) in [6, 6.07) is 40.9. The van der Waals surface area contributed by atoms with Crippen molar-refractivity contribution >= 4 is 40.4 Å². The second-order valence-electron chi connectivity index (χ2n) is 7.73. The maximum atomic E-state index is 6.15. The van der Waals surface area contributed by atoms with Gasteiger partial charge in [-0.05, 0) is 18.2 Å². The first-order valence-corrected chi connectivity index (χ1v) is 13.8. The molecule has 0 amide bonds. The first-order valence-electron chi connectivity index (χ1n) is 11.0. The summed E-state index contributed by atoms with van der Waals surface area (Å²) in [4.78, 5) is 0. The minimum Gasteiger partial charge on any atom is -0.363 e. The quantitative estimate of drug-likeness (QED) is 0.314. The van der Waals surface area contributed by atoms with Crippen LogP contribution in [-0.2, 0) is 4.74 Å². The molecule has 160 valence electrons. The molecule has 4 aromatic carbocycles. The topological polar surface area (TPSA) is 21.6 Å². The lowest BCUT2D eigenvalue weighted by Gasteiger charge is -2.29. The van der Waals surface area contributed by atoms with E-state index in [1.807, 2.05) is 11.8 Å². The Morgan fingerprint density at radius 2 is 1.16 bits per heavy atom. The predicted octanol–water partition coefficient (Wildman–Crippen LogP) is 6.65. The van der Waals surface area contributed by atoms with Gasteiger partial charge in [0.1, 0.15) is 5.44 Å². The van der Waals surface area contributed by atoms with Gasteiger partial charge in [-0.25, -0.2) is 0 Å². The molecule has 32 heavy (non-hydrogen) atoms. The molecular formula is C28H26NOPS. The van der Waals surface area contributed by atoms with E-state index < -0.39 is 7.05 Å². The third-order valence-electron chi connectivity index (χ3n) is 5.67. The van der Waals surface area contributed by atoms with Gasteiger partial charge in [0.15, 0.2) is 0 Å². The number of ether oxygens (including phenoxy) is 1. The Bertz CT molecular complexity index is 1100. The molecule has 0 aliphatic carbocycles. The summed E-state index contributed by atoms with van der Waals surface area (Å²) in [6.07, 6.45) is 1.11. The van der Waals surface area contributed by atoms with Crippen molar-refractivity contribution in [1.29, 1.82) is 0 Å². The van der Waals surface area contributed by atoms with Crippen LogP contribution in [0.2, 0.25) is 0 Å². The van der Waals surface area contributed by atoms with Crippen molar-refractivity contribution in [2.75, 3.05) is 12.4 Å². The fourth-order valence-corrected chi connectivity index (χ4v) is 8.79. The molecule has 0 N–H and O–H groups in total. The third kappa shape index (κ3) is 4.21. The maximum Gasteiger partial charge on any atom is 0.130 e. The summed E-state index contributed by atoms with van der Waals surface area (Å²) in [5, 5.41) is 3.76. The number of rotatable bonds is 5. The molecule has 0 bridgehead atoms. The normalized spacial score (nSPS) is 16.4. The van der Waals surface area contributed by atoms with Gasteiger partial charge in [0, 0.05) is 28.1 Å². The van der Waals surface area contributed by atoms with E-state index in [-0.39, 0.29) is 5.44 Å². The molecule has 0 aromatic heterocycles. The minimum absolute atomic E-state index is 0.0351. The van der Waals surface area contributed by atoms with Crippen molar-refractivity contribution in [2.24, 2.45) is 4.74 Å². The molecule has 1 aliphatic rings. The van der Waals surface area contributed by atoms with Crippen LogP contribution in [0.1, 0.15) is 17.4 Å². The average Bonchev–Trinajstić information content (AvgIpc) is 2.89. The molecule has 0 spiro atoms. The molecule has 2 nitrogen and oxygen atoms in total. The van der Waals surface area contributed by atoms with Crippen LogP contribution in [0.15, 0.2) is 120 Å². The van der Waals surface area contributed by atoms with Crippen molar-refractivity contribution in [3.05, 3.63) is 121 Å². The summed E-state index contributed by atoms with van der Waals surface area (Å²) in [5.41, 5.74) is 2.23. The van der Waals surface area contributed by atoms with Crippen LogP contribution in [0, 0.1) is 0 Å². The molecule has 1 aliphatic heterocycles. The first kappa shape index (κ1) is 21.3. The number of hydrogen-bond donors (Lipinski definition) is 0. The summed E-state index contributed by atoms with van der Waals surface area (Å²) in [5.74, 6) is 1.12. The van der Waals surface area contributed by atoms with E-state index in [1.165, 1.54) is 21.5 Å². The largest absolute Gasteiger partial charge is 0.363 e. The molecule has 1 atom stereocenters. The highest BCUT2D eigenvalue weighted by Crippen LogP contribution is 2.51. The number of benzene rings is 4. The van der Waals surface area contributed by atoms with Crippen LogP contribution in [0.3, 0.4) is 0 Å². The highest BCUT2D eigenvalue weighted by Gasteiger charge is 2.28. The van der Waals surface area contributed by atoms with Crippen LogP contribution < -0.4 is 15.9 Å². The van der Waals surface area contributed by atoms with E-state index >= 15 is 0 Å².